The van der Waals surface area contributed by atoms with Gasteiger partial charge in [0.1, 0.15) is 5.60 Å². The second-order valence-electron chi connectivity index (χ2n) is 5.62. The van der Waals surface area contributed by atoms with Gasteiger partial charge in [0.25, 0.3) is 0 Å². The molecule has 0 atom stereocenters. The summed E-state index contributed by atoms with van der Waals surface area (Å²) in [5, 5.41) is 5.37. The zero-order chi connectivity index (χ0) is 16.3. The first-order chi connectivity index (χ1) is 9.70. The number of ether oxygens (including phenoxy) is 1. The molecule has 0 rings (SSSR count). The quantitative estimate of drug-likeness (QED) is 0.669. The fourth-order valence-corrected chi connectivity index (χ4v) is 1.81. The van der Waals surface area contributed by atoms with Crippen molar-refractivity contribution >= 4 is 28.9 Å². The van der Waals surface area contributed by atoms with Crippen molar-refractivity contribution in [3.05, 3.63) is 0 Å². The van der Waals surface area contributed by atoms with Crippen LogP contribution in [0.25, 0.3) is 0 Å². The molecule has 2 N–H and O–H groups in total. The molecular weight excluding hydrogens is 292 g/mol. The number of alkyl carbamates (subject to hydrolysis) is 1. The molecule has 0 aliphatic carbocycles. The Morgan fingerprint density at radius 3 is 2.10 bits per heavy atom. The molecule has 0 spiro atoms. The highest BCUT2D eigenvalue weighted by Gasteiger charge is 2.15. The van der Waals surface area contributed by atoms with Crippen molar-refractivity contribution in [3.63, 3.8) is 0 Å². The summed E-state index contributed by atoms with van der Waals surface area (Å²) in [6.07, 6.45) is 2.16. The number of hydrogen-bond donors (Lipinski definition) is 2. The summed E-state index contributed by atoms with van der Waals surface area (Å²) in [7, 11) is 0. The third kappa shape index (κ3) is 15.0. The Morgan fingerprint density at radius 2 is 1.57 bits per heavy atom. The van der Waals surface area contributed by atoms with Crippen molar-refractivity contribution in [2.45, 2.75) is 52.6 Å². The van der Waals surface area contributed by atoms with Crippen molar-refractivity contribution in [1.82, 2.24) is 10.6 Å². The van der Waals surface area contributed by atoms with Crippen LogP contribution in [0.1, 0.15) is 47.0 Å². The Kier molecular flexibility index (Phi) is 9.86. The molecule has 122 valence electrons. The summed E-state index contributed by atoms with van der Waals surface area (Å²) >= 11 is 1.01. The van der Waals surface area contributed by atoms with E-state index in [2.05, 4.69) is 10.6 Å². The summed E-state index contributed by atoms with van der Waals surface area (Å²) < 4.78 is 5.11. The fourth-order valence-electron chi connectivity index (χ4n) is 1.38. The first kappa shape index (κ1) is 19.8. The Labute approximate surface area is 130 Å². The molecule has 0 aliphatic rings. The Morgan fingerprint density at radius 1 is 1.00 bits per heavy atom. The lowest BCUT2D eigenvalue weighted by molar-refractivity contribution is -0.118. The van der Waals surface area contributed by atoms with Crippen LogP contribution in [0.15, 0.2) is 0 Å². The summed E-state index contributed by atoms with van der Waals surface area (Å²) in [6, 6.07) is 0. The van der Waals surface area contributed by atoms with Crippen molar-refractivity contribution in [2.75, 3.05) is 18.8 Å². The van der Waals surface area contributed by atoms with Gasteiger partial charge >= 0.3 is 6.09 Å². The van der Waals surface area contributed by atoms with Crippen LogP contribution in [0.3, 0.4) is 0 Å². The van der Waals surface area contributed by atoms with E-state index >= 15 is 0 Å². The number of amides is 2. The minimum absolute atomic E-state index is 0.0571. The molecule has 0 aromatic rings. The van der Waals surface area contributed by atoms with E-state index in [4.69, 9.17) is 4.74 Å². The maximum atomic E-state index is 11.3. The lowest BCUT2D eigenvalue weighted by atomic mass is 10.2. The van der Waals surface area contributed by atoms with Gasteiger partial charge in [-0.3, -0.25) is 9.59 Å². The lowest BCUT2D eigenvalue weighted by Crippen LogP contribution is -2.33. The van der Waals surface area contributed by atoms with Crippen molar-refractivity contribution in [3.8, 4) is 0 Å². The van der Waals surface area contributed by atoms with Gasteiger partial charge in [0.05, 0.1) is 5.75 Å². The minimum atomic E-state index is -0.480. The van der Waals surface area contributed by atoms with Gasteiger partial charge in [-0.25, -0.2) is 4.79 Å². The van der Waals surface area contributed by atoms with Crippen molar-refractivity contribution in [2.24, 2.45) is 0 Å². The smallest absolute Gasteiger partial charge is 0.407 e. The largest absolute Gasteiger partial charge is 0.444 e. The molecule has 0 saturated heterocycles. The molecule has 0 radical (unpaired) electrons. The van der Waals surface area contributed by atoms with E-state index in [0.29, 0.717) is 13.1 Å². The monoisotopic (exact) mass is 318 g/mol. The van der Waals surface area contributed by atoms with E-state index in [-0.39, 0.29) is 16.8 Å². The average molecular weight is 318 g/mol. The molecule has 0 bridgehead atoms. The molecule has 0 saturated carbocycles. The van der Waals surface area contributed by atoms with Gasteiger partial charge in [0.15, 0.2) is 5.12 Å². The minimum Gasteiger partial charge on any atom is -0.444 e. The SMILES string of the molecule is CC(=O)SCC(=O)NCCCCCNC(=O)OC(C)(C)C. The predicted octanol–water partition coefficient (Wildman–Crippen LogP) is 2.08. The molecule has 0 unspecified atom stereocenters. The predicted molar refractivity (Wildman–Crippen MR) is 84.2 cm³/mol. The third-order valence-corrected chi connectivity index (χ3v) is 3.06. The maximum Gasteiger partial charge on any atom is 0.407 e. The van der Waals surface area contributed by atoms with Crippen LogP contribution in [0, 0.1) is 0 Å². The fraction of sp³-hybridized carbons (Fsp3) is 0.786. The van der Waals surface area contributed by atoms with Crippen LogP contribution in [0.2, 0.25) is 0 Å². The summed E-state index contributed by atoms with van der Waals surface area (Å²) in [4.78, 5) is 33.3. The topological polar surface area (TPSA) is 84.5 Å². The molecule has 0 heterocycles. The van der Waals surface area contributed by atoms with Gasteiger partial charge < -0.3 is 15.4 Å². The highest BCUT2D eigenvalue weighted by Crippen LogP contribution is 2.06. The second kappa shape index (κ2) is 10.5. The number of nitrogens with one attached hydrogen (secondary N) is 2. The van der Waals surface area contributed by atoms with Gasteiger partial charge in [0, 0.05) is 20.0 Å². The van der Waals surface area contributed by atoms with Gasteiger partial charge in [0.2, 0.25) is 5.91 Å². The van der Waals surface area contributed by atoms with Crippen LogP contribution in [-0.4, -0.2) is 41.6 Å². The highest BCUT2D eigenvalue weighted by molar-refractivity contribution is 8.14. The molecule has 0 aromatic heterocycles. The Hall–Kier alpha value is -1.24. The summed E-state index contributed by atoms with van der Waals surface area (Å²) in [6.45, 7) is 8.04. The maximum absolute atomic E-state index is 11.3. The Bertz CT molecular complexity index is 353. The number of hydrogen-bond acceptors (Lipinski definition) is 5. The number of carbonyl (C=O) groups excluding carboxylic acids is 3. The average Bonchev–Trinajstić information content (AvgIpc) is 2.33. The molecule has 7 heteroatoms. The zero-order valence-electron chi connectivity index (χ0n) is 13.3. The molecule has 2 amide bonds. The van der Waals surface area contributed by atoms with Gasteiger partial charge in [-0.2, -0.15) is 0 Å². The normalized spacial score (nSPS) is 10.9. The summed E-state index contributed by atoms with van der Waals surface area (Å²) in [5.41, 5.74) is -0.480. The second-order valence-corrected chi connectivity index (χ2v) is 6.77. The van der Waals surface area contributed by atoms with Crippen LogP contribution in [0.5, 0.6) is 0 Å². The van der Waals surface area contributed by atoms with Crippen molar-refractivity contribution in [1.29, 1.82) is 0 Å². The van der Waals surface area contributed by atoms with E-state index in [1.807, 2.05) is 20.8 Å². The highest BCUT2D eigenvalue weighted by atomic mass is 32.2. The number of thioether (sulfide) groups is 1. The lowest BCUT2D eigenvalue weighted by Gasteiger charge is -2.19. The summed E-state index contributed by atoms with van der Waals surface area (Å²) in [5.74, 6) is 0.0530. The first-order valence-electron chi connectivity index (χ1n) is 7.07. The Balaban J connectivity index is 3.42. The molecule has 6 nitrogen and oxygen atoms in total. The van der Waals surface area contributed by atoms with E-state index in [0.717, 1.165) is 31.0 Å². The molecule has 0 aliphatic heterocycles. The van der Waals surface area contributed by atoms with E-state index in [1.54, 1.807) is 0 Å². The van der Waals surface area contributed by atoms with Crippen LogP contribution >= 0.6 is 11.8 Å². The molecule has 0 aromatic carbocycles. The van der Waals surface area contributed by atoms with Gasteiger partial charge in [-0.1, -0.05) is 11.8 Å². The number of carbonyl (C=O) groups is 3. The molecular formula is C14H26N2O4S. The van der Waals surface area contributed by atoms with Crippen molar-refractivity contribution < 1.29 is 19.1 Å². The third-order valence-electron chi connectivity index (χ3n) is 2.25. The van der Waals surface area contributed by atoms with Gasteiger partial charge in [-0.05, 0) is 40.0 Å². The van der Waals surface area contributed by atoms with E-state index in [1.165, 1.54) is 6.92 Å². The zero-order valence-corrected chi connectivity index (χ0v) is 14.1. The van der Waals surface area contributed by atoms with E-state index < -0.39 is 11.7 Å². The van der Waals surface area contributed by atoms with Crippen LogP contribution in [0.4, 0.5) is 4.79 Å². The van der Waals surface area contributed by atoms with Gasteiger partial charge in [-0.15, -0.1) is 0 Å². The first-order valence-corrected chi connectivity index (χ1v) is 8.06. The molecule has 0 fully saturated rings. The number of unbranched alkanes of at least 4 members (excludes halogenated alkanes) is 2. The number of rotatable bonds is 8. The van der Waals surface area contributed by atoms with Crippen LogP contribution in [-0.2, 0) is 14.3 Å². The van der Waals surface area contributed by atoms with E-state index in [9.17, 15) is 14.4 Å². The standard InChI is InChI=1S/C14H26N2O4S/c1-11(17)21-10-12(18)15-8-6-5-7-9-16-13(19)20-14(2,3)4/h5-10H2,1-4H3,(H,15,18)(H,16,19). The molecule has 21 heavy (non-hydrogen) atoms. The van der Waals surface area contributed by atoms with Crippen LogP contribution < -0.4 is 10.6 Å².